The van der Waals surface area contributed by atoms with Gasteiger partial charge in [-0.3, -0.25) is 4.90 Å². The molecule has 1 atom stereocenters. The first-order chi connectivity index (χ1) is 16.6. The maximum atomic E-state index is 14.6. The number of quaternary nitrogens is 1. The van der Waals surface area contributed by atoms with E-state index in [0.717, 1.165) is 54.1 Å². The van der Waals surface area contributed by atoms with Crippen molar-refractivity contribution in [1.82, 2.24) is 0 Å². The Bertz CT molecular complexity index is 1090. The molecule has 186 valence electrons. The zero-order valence-corrected chi connectivity index (χ0v) is 21.1. The topological polar surface area (TPSA) is 38.8 Å². The second-order valence-electron chi connectivity index (χ2n) is 9.23. The highest BCUT2D eigenvalue weighted by Gasteiger charge is 2.48. The summed E-state index contributed by atoms with van der Waals surface area (Å²) in [6, 6.07) is 20.1. The number of thiophene rings is 1. The van der Waals surface area contributed by atoms with Crippen LogP contribution in [0.5, 0.6) is 5.75 Å². The Morgan fingerprint density at radius 3 is 2.49 bits per heavy atom. The van der Waals surface area contributed by atoms with E-state index in [4.69, 9.17) is 9.47 Å². The first-order valence-electron chi connectivity index (χ1n) is 11.9. The molecule has 8 heteroatoms. The predicted molar refractivity (Wildman–Crippen MR) is 132 cm³/mol. The Labute approximate surface area is 216 Å². The van der Waals surface area contributed by atoms with E-state index in [2.05, 4.69) is 0 Å². The highest BCUT2D eigenvalue weighted by atomic mass is 35.5. The zero-order valence-electron chi connectivity index (χ0n) is 19.5. The molecule has 0 aliphatic carbocycles. The van der Waals surface area contributed by atoms with Crippen LogP contribution in [0.25, 0.3) is 0 Å². The number of carbonyl (C=O) groups excluding carboxylic acids is 1. The summed E-state index contributed by atoms with van der Waals surface area (Å²) in [5, 5.41) is 1.96. The first kappa shape index (κ1) is 25.5. The van der Waals surface area contributed by atoms with Gasteiger partial charge >= 0.3 is 6.09 Å². The third-order valence-corrected chi connectivity index (χ3v) is 7.99. The Balaban J connectivity index is 0.00000289. The summed E-state index contributed by atoms with van der Waals surface area (Å²) in [5.74, 6) is 0.819. The lowest BCUT2D eigenvalue weighted by Crippen LogP contribution is -3.00. The molecule has 4 heterocycles. The van der Waals surface area contributed by atoms with E-state index in [1.807, 2.05) is 47.8 Å². The van der Waals surface area contributed by atoms with Crippen LogP contribution in [0.1, 0.15) is 17.7 Å². The molecular formula is C27H30ClFN2O3S. The lowest BCUT2D eigenvalue weighted by atomic mass is 9.83. The van der Waals surface area contributed by atoms with Crippen LogP contribution in [0, 0.1) is 11.7 Å². The van der Waals surface area contributed by atoms with Gasteiger partial charge in [0.2, 0.25) is 0 Å². The molecule has 3 saturated heterocycles. The number of hydrogen-bond donors (Lipinski definition) is 0. The van der Waals surface area contributed by atoms with E-state index in [1.165, 1.54) is 11.0 Å². The van der Waals surface area contributed by atoms with Gasteiger partial charge in [-0.1, -0.05) is 36.4 Å². The summed E-state index contributed by atoms with van der Waals surface area (Å²) in [5.41, 5.74) is 0.252. The van der Waals surface area contributed by atoms with Gasteiger partial charge in [-0.05, 0) is 35.7 Å². The fourth-order valence-corrected chi connectivity index (χ4v) is 5.91. The van der Waals surface area contributed by atoms with Crippen molar-refractivity contribution in [1.29, 1.82) is 0 Å². The lowest BCUT2D eigenvalue weighted by molar-refractivity contribution is -0.946. The lowest BCUT2D eigenvalue weighted by Gasteiger charge is -2.52. The van der Waals surface area contributed by atoms with E-state index in [1.54, 1.807) is 29.5 Å². The third-order valence-electron chi connectivity index (χ3n) is 7.13. The van der Waals surface area contributed by atoms with Crippen molar-refractivity contribution < 1.29 is 35.5 Å². The average molecular weight is 517 g/mol. The van der Waals surface area contributed by atoms with Crippen LogP contribution in [0.4, 0.5) is 14.9 Å². The molecule has 2 aromatic carbocycles. The normalized spacial score (nSPS) is 22.8. The molecule has 2 bridgehead atoms. The molecule has 6 rings (SSSR count). The number of fused-ring (bicyclic) bond motifs is 3. The zero-order chi connectivity index (χ0) is 23.4. The maximum absolute atomic E-state index is 14.6. The van der Waals surface area contributed by atoms with E-state index in [-0.39, 0.29) is 24.2 Å². The van der Waals surface area contributed by atoms with Crippen molar-refractivity contribution in [3.8, 4) is 5.75 Å². The second-order valence-corrected chi connectivity index (χ2v) is 10.3. The van der Waals surface area contributed by atoms with E-state index < -0.39 is 11.9 Å². The number of piperidine rings is 3. The molecule has 0 radical (unpaired) electrons. The summed E-state index contributed by atoms with van der Waals surface area (Å²) in [6.45, 7) is 4.78. The molecule has 1 amide bonds. The summed E-state index contributed by atoms with van der Waals surface area (Å²) >= 11 is 1.55. The van der Waals surface area contributed by atoms with Gasteiger partial charge in [0.1, 0.15) is 31.3 Å². The van der Waals surface area contributed by atoms with Crippen LogP contribution in [0.2, 0.25) is 0 Å². The van der Waals surface area contributed by atoms with Gasteiger partial charge in [0.05, 0.1) is 25.3 Å². The quantitative estimate of drug-likeness (QED) is 0.432. The Morgan fingerprint density at radius 2 is 1.77 bits per heavy atom. The van der Waals surface area contributed by atoms with Crippen molar-refractivity contribution in [2.75, 3.05) is 37.7 Å². The van der Waals surface area contributed by atoms with Crippen LogP contribution in [-0.2, 0) is 11.3 Å². The number of rotatable bonds is 8. The van der Waals surface area contributed by atoms with Crippen LogP contribution in [0.15, 0.2) is 72.1 Å². The standard InChI is InChI=1S/C27H30FN2O3S.ClH/c28-24-10-4-5-11-25(24)29(19-23-9-6-18-34-23)27(31)33-26-20-30(14-12-21(26)13-15-30)16-17-32-22-7-2-1-3-8-22;/h1-11,18,21,26H,12-17,19-20H2;1H/q+1;/p-1/t21?,26-,30?;/m0./s1. The third kappa shape index (κ3) is 5.97. The van der Waals surface area contributed by atoms with Gasteiger partial charge in [-0.25, -0.2) is 9.18 Å². The summed E-state index contributed by atoms with van der Waals surface area (Å²) in [4.78, 5) is 15.8. The molecule has 3 aromatic rings. The minimum atomic E-state index is -0.476. The summed E-state index contributed by atoms with van der Waals surface area (Å²) in [7, 11) is 0. The molecular weight excluding hydrogens is 487 g/mol. The Hall–Kier alpha value is -2.61. The van der Waals surface area contributed by atoms with Crippen LogP contribution < -0.4 is 22.0 Å². The van der Waals surface area contributed by atoms with Crippen molar-refractivity contribution in [2.45, 2.75) is 25.5 Å². The summed E-state index contributed by atoms with van der Waals surface area (Å²) < 4.78 is 27.6. The molecule has 0 unspecified atom stereocenters. The van der Waals surface area contributed by atoms with Crippen molar-refractivity contribution in [2.24, 2.45) is 5.92 Å². The molecule has 5 nitrogen and oxygen atoms in total. The van der Waals surface area contributed by atoms with Gasteiger partial charge in [0.25, 0.3) is 0 Å². The number of para-hydroxylation sites is 2. The fraction of sp³-hybridized carbons (Fsp3) is 0.370. The number of hydrogen-bond acceptors (Lipinski definition) is 4. The summed E-state index contributed by atoms with van der Waals surface area (Å²) in [6.07, 6.45) is 1.43. The molecule has 3 fully saturated rings. The smallest absolute Gasteiger partial charge is 0.415 e. The van der Waals surface area contributed by atoms with Gasteiger partial charge in [0, 0.05) is 23.6 Å². The fourth-order valence-electron chi connectivity index (χ4n) is 5.21. The van der Waals surface area contributed by atoms with Gasteiger partial charge in [0.15, 0.2) is 6.10 Å². The SMILES string of the molecule is O=C(O[C@H]1C[N+]2(CCOc3ccccc3)CCC1CC2)N(Cc1cccs1)c1ccccc1F.[Cl-]. The van der Waals surface area contributed by atoms with Crippen LogP contribution >= 0.6 is 11.3 Å². The number of anilines is 1. The van der Waals surface area contributed by atoms with Crippen LogP contribution in [-0.4, -0.2) is 49.5 Å². The average Bonchev–Trinajstić information content (AvgIpc) is 3.38. The van der Waals surface area contributed by atoms with Crippen LogP contribution in [0.3, 0.4) is 0 Å². The first-order valence-corrected chi connectivity index (χ1v) is 12.8. The molecule has 0 N–H and O–H groups in total. The number of amides is 1. The van der Waals surface area contributed by atoms with E-state index in [0.29, 0.717) is 19.1 Å². The van der Waals surface area contributed by atoms with Crippen molar-refractivity contribution in [3.05, 3.63) is 82.8 Å². The molecule has 3 aliphatic rings. The highest BCUT2D eigenvalue weighted by Crippen LogP contribution is 2.36. The predicted octanol–water partition coefficient (Wildman–Crippen LogP) is 2.72. The minimum Gasteiger partial charge on any atom is -1.00 e. The van der Waals surface area contributed by atoms with Crippen molar-refractivity contribution >= 4 is 23.1 Å². The largest absolute Gasteiger partial charge is 1.00 e. The van der Waals surface area contributed by atoms with Crippen molar-refractivity contribution in [3.63, 3.8) is 0 Å². The van der Waals surface area contributed by atoms with E-state index >= 15 is 0 Å². The van der Waals surface area contributed by atoms with E-state index in [9.17, 15) is 9.18 Å². The number of halogens is 2. The molecule has 3 aliphatic heterocycles. The molecule has 0 spiro atoms. The van der Waals surface area contributed by atoms with Gasteiger partial charge in [-0.2, -0.15) is 0 Å². The number of carbonyl (C=O) groups is 1. The highest BCUT2D eigenvalue weighted by molar-refractivity contribution is 7.09. The number of ether oxygens (including phenoxy) is 2. The monoisotopic (exact) mass is 516 g/mol. The molecule has 35 heavy (non-hydrogen) atoms. The molecule has 1 aromatic heterocycles. The maximum Gasteiger partial charge on any atom is 0.415 e. The van der Waals surface area contributed by atoms with Gasteiger partial charge < -0.3 is 26.4 Å². The second kappa shape index (κ2) is 11.4. The Kier molecular flexibility index (Phi) is 8.31. The molecule has 0 saturated carbocycles. The van der Waals surface area contributed by atoms with Gasteiger partial charge in [-0.15, -0.1) is 11.3 Å². The minimum absolute atomic E-state index is 0. The number of benzene rings is 2. The Morgan fingerprint density at radius 1 is 1.03 bits per heavy atom. The number of nitrogens with zero attached hydrogens (tertiary/aromatic N) is 2.